The summed E-state index contributed by atoms with van der Waals surface area (Å²) in [7, 11) is 0. The molecule has 3 aromatic carbocycles. The molecule has 0 unspecified atom stereocenters. The lowest BCUT2D eigenvalue weighted by atomic mass is 10.1. The smallest absolute Gasteiger partial charge is 0.343 e. The van der Waals surface area contributed by atoms with Gasteiger partial charge >= 0.3 is 5.97 Å². The van der Waals surface area contributed by atoms with E-state index in [0.717, 1.165) is 32.4 Å². The van der Waals surface area contributed by atoms with Crippen molar-refractivity contribution in [1.29, 1.82) is 0 Å². The lowest BCUT2D eigenvalue weighted by Gasteiger charge is -2.13. The lowest BCUT2D eigenvalue weighted by Crippen LogP contribution is -2.36. The summed E-state index contributed by atoms with van der Waals surface area (Å²) in [6, 6.07) is 16.7. The molecule has 0 spiro atoms. The maximum Gasteiger partial charge on any atom is 0.343 e. The van der Waals surface area contributed by atoms with Crippen LogP contribution in [0.15, 0.2) is 71.6 Å². The second kappa shape index (κ2) is 12.2. The predicted molar refractivity (Wildman–Crippen MR) is 149 cm³/mol. The zero-order chi connectivity index (χ0) is 27.2. The first-order valence-electron chi connectivity index (χ1n) is 11.3. The van der Waals surface area contributed by atoms with E-state index in [4.69, 9.17) is 9.47 Å². The molecule has 11 heteroatoms. The summed E-state index contributed by atoms with van der Waals surface area (Å²) >= 11 is 2.86. The maximum absolute atomic E-state index is 13.1. The molecule has 3 amide bonds. The Hall–Kier alpha value is -3.71. The Balaban J connectivity index is 1.47. The molecule has 0 aromatic heterocycles. The van der Waals surface area contributed by atoms with Crippen LogP contribution in [-0.4, -0.2) is 41.1 Å². The number of nitrogens with one attached hydrogen (secondary N) is 1. The van der Waals surface area contributed by atoms with Crippen molar-refractivity contribution >= 4 is 69.1 Å². The number of carbonyl (C=O) groups is 4. The highest BCUT2D eigenvalue weighted by Crippen LogP contribution is 2.35. The van der Waals surface area contributed by atoms with E-state index in [2.05, 4.69) is 27.9 Å². The fraction of sp³-hybridized carbons (Fsp3) is 0.111. The predicted octanol–water partition coefficient (Wildman–Crippen LogP) is 5.72. The number of anilines is 1. The van der Waals surface area contributed by atoms with Crippen molar-refractivity contribution < 1.29 is 33.0 Å². The monoisotopic (exact) mass is 646 g/mol. The average Bonchev–Trinajstić information content (AvgIpc) is 3.14. The molecule has 194 valence electrons. The van der Waals surface area contributed by atoms with Gasteiger partial charge < -0.3 is 14.8 Å². The van der Waals surface area contributed by atoms with E-state index in [-0.39, 0.29) is 28.6 Å². The van der Waals surface area contributed by atoms with Gasteiger partial charge in [-0.15, -0.1) is 0 Å². The van der Waals surface area contributed by atoms with Crippen molar-refractivity contribution in [3.05, 3.63) is 92.1 Å². The molecule has 0 bridgehead atoms. The van der Waals surface area contributed by atoms with E-state index in [1.54, 1.807) is 31.2 Å². The van der Waals surface area contributed by atoms with Crippen molar-refractivity contribution in [2.24, 2.45) is 0 Å². The van der Waals surface area contributed by atoms with Gasteiger partial charge in [-0.3, -0.25) is 19.3 Å². The van der Waals surface area contributed by atoms with Crippen LogP contribution in [0.4, 0.5) is 14.9 Å². The number of ether oxygens (including phenoxy) is 2. The Morgan fingerprint density at radius 3 is 2.42 bits per heavy atom. The average molecular weight is 646 g/mol. The zero-order valence-electron chi connectivity index (χ0n) is 19.9. The van der Waals surface area contributed by atoms with Gasteiger partial charge in [-0.25, -0.2) is 9.18 Å². The number of hydrogen-bond acceptors (Lipinski definition) is 7. The quantitative estimate of drug-likeness (QED) is 0.145. The number of carbonyl (C=O) groups excluding carboxylic acids is 4. The van der Waals surface area contributed by atoms with E-state index in [1.165, 1.54) is 24.3 Å². The standard InChI is InChI=1S/C27H20FIN2O6S/c1-2-36-22-13-16(3-12-21(22)37-26(34)17-4-6-18(28)7-5-17)14-23-25(33)31(27(35)38-23)15-24(32)30-20-10-8-19(29)9-11-20/h3-14H,2,15H2,1H3,(H,30,32)/b23-14-. The minimum absolute atomic E-state index is 0.135. The molecule has 0 aliphatic carbocycles. The molecular formula is C27H20FIN2O6S. The zero-order valence-corrected chi connectivity index (χ0v) is 22.9. The Morgan fingerprint density at radius 2 is 1.74 bits per heavy atom. The summed E-state index contributed by atoms with van der Waals surface area (Å²) in [4.78, 5) is 51.2. The third-order valence-corrected chi connectivity index (χ3v) is 6.78. The molecule has 0 radical (unpaired) electrons. The summed E-state index contributed by atoms with van der Waals surface area (Å²) in [5, 5.41) is 2.10. The molecule has 1 aliphatic rings. The molecule has 4 rings (SSSR count). The van der Waals surface area contributed by atoms with E-state index >= 15 is 0 Å². The van der Waals surface area contributed by atoms with Gasteiger partial charge in [0.15, 0.2) is 11.5 Å². The molecule has 38 heavy (non-hydrogen) atoms. The van der Waals surface area contributed by atoms with Crippen LogP contribution in [-0.2, 0) is 9.59 Å². The highest BCUT2D eigenvalue weighted by atomic mass is 127. The minimum atomic E-state index is -0.691. The molecule has 1 N–H and O–H groups in total. The number of hydrogen-bond donors (Lipinski definition) is 1. The van der Waals surface area contributed by atoms with Gasteiger partial charge in [-0.2, -0.15) is 0 Å². The number of imide groups is 1. The molecular weight excluding hydrogens is 626 g/mol. The van der Waals surface area contributed by atoms with Crippen molar-refractivity contribution in [3.63, 3.8) is 0 Å². The SMILES string of the molecule is CCOc1cc(/C=C2\SC(=O)N(CC(=O)Nc3ccc(I)cc3)C2=O)ccc1OC(=O)c1ccc(F)cc1. The van der Waals surface area contributed by atoms with Crippen molar-refractivity contribution in [2.45, 2.75) is 6.92 Å². The molecule has 1 aliphatic heterocycles. The second-order valence-electron chi connectivity index (χ2n) is 7.86. The molecule has 0 saturated carbocycles. The lowest BCUT2D eigenvalue weighted by molar-refractivity contribution is -0.127. The van der Waals surface area contributed by atoms with Crippen LogP contribution in [0.2, 0.25) is 0 Å². The number of esters is 1. The Kier molecular flexibility index (Phi) is 8.79. The number of thioether (sulfide) groups is 1. The van der Waals surface area contributed by atoms with Crippen LogP contribution in [0.1, 0.15) is 22.8 Å². The molecule has 1 saturated heterocycles. The third-order valence-electron chi connectivity index (χ3n) is 5.15. The van der Waals surface area contributed by atoms with Crippen molar-refractivity contribution in [3.8, 4) is 11.5 Å². The fourth-order valence-corrected chi connectivity index (χ4v) is 4.57. The summed E-state index contributed by atoms with van der Waals surface area (Å²) in [5.74, 6) is -1.88. The molecule has 1 fully saturated rings. The largest absolute Gasteiger partial charge is 0.490 e. The van der Waals surface area contributed by atoms with Gasteiger partial charge in [-0.1, -0.05) is 6.07 Å². The summed E-state index contributed by atoms with van der Waals surface area (Å²) in [6.07, 6.45) is 1.50. The van der Waals surface area contributed by atoms with Crippen LogP contribution >= 0.6 is 34.4 Å². The fourth-order valence-electron chi connectivity index (χ4n) is 3.38. The van der Waals surface area contributed by atoms with Crippen LogP contribution in [0.25, 0.3) is 6.08 Å². The van der Waals surface area contributed by atoms with E-state index < -0.39 is 35.4 Å². The Bertz CT molecular complexity index is 1430. The number of nitrogens with zero attached hydrogens (tertiary/aromatic N) is 1. The second-order valence-corrected chi connectivity index (χ2v) is 10.1. The maximum atomic E-state index is 13.1. The van der Waals surface area contributed by atoms with Crippen LogP contribution in [0.5, 0.6) is 11.5 Å². The van der Waals surface area contributed by atoms with Gasteiger partial charge in [0.25, 0.3) is 11.1 Å². The number of halogens is 2. The highest BCUT2D eigenvalue weighted by molar-refractivity contribution is 14.1. The van der Waals surface area contributed by atoms with E-state index in [0.29, 0.717) is 11.3 Å². The van der Waals surface area contributed by atoms with Gasteiger partial charge in [0.05, 0.1) is 17.1 Å². The van der Waals surface area contributed by atoms with Gasteiger partial charge in [0, 0.05) is 9.26 Å². The highest BCUT2D eigenvalue weighted by Gasteiger charge is 2.36. The van der Waals surface area contributed by atoms with Crippen LogP contribution in [0.3, 0.4) is 0 Å². The minimum Gasteiger partial charge on any atom is -0.490 e. The normalized spacial score (nSPS) is 14.1. The number of rotatable bonds is 8. The number of benzene rings is 3. The molecule has 8 nitrogen and oxygen atoms in total. The Labute approximate surface area is 235 Å². The number of amides is 3. The first-order chi connectivity index (χ1) is 18.2. The van der Waals surface area contributed by atoms with Crippen LogP contribution in [0, 0.1) is 9.39 Å². The molecule has 3 aromatic rings. The first kappa shape index (κ1) is 27.3. The topological polar surface area (TPSA) is 102 Å². The van der Waals surface area contributed by atoms with E-state index in [9.17, 15) is 23.6 Å². The molecule has 0 atom stereocenters. The summed E-state index contributed by atoms with van der Waals surface area (Å²) in [6.45, 7) is 1.61. The van der Waals surface area contributed by atoms with Crippen molar-refractivity contribution in [2.75, 3.05) is 18.5 Å². The molecule has 1 heterocycles. The van der Waals surface area contributed by atoms with Gasteiger partial charge in [0.1, 0.15) is 12.4 Å². The van der Waals surface area contributed by atoms with Crippen molar-refractivity contribution in [1.82, 2.24) is 4.90 Å². The first-order valence-corrected chi connectivity index (χ1v) is 13.2. The van der Waals surface area contributed by atoms with Gasteiger partial charge in [0.2, 0.25) is 5.91 Å². The van der Waals surface area contributed by atoms with Crippen LogP contribution < -0.4 is 14.8 Å². The van der Waals surface area contributed by atoms with E-state index in [1.807, 2.05) is 12.1 Å². The Morgan fingerprint density at radius 1 is 1.03 bits per heavy atom. The summed E-state index contributed by atoms with van der Waals surface area (Å²) < 4.78 is 25.2. The third kappa shape index (κ3) is 6.78. The summed E-state index contributed by atoms with van der Waals surface area (Å²) in [5.41, 5.74) is 1.24. The van der Waals surface area contributed by atoms with Gasteiger partial charge in [-0.05, 0) is 114 Å².